The van der Waals surface area contributed by atoms with Gasteiger partial charge < -0.3 is 15.5 Å². The number of nitrogens with one attached hydrogen (secondary N) is 2. The van der Waals surface area contributed by atoms with Crippen LogP contribution in [0.1, 0.15) is 17.4 Å². The molecule has 0 aliphatic carbocycles. The minimum Gasteiger partial charge on any atom is -0.347 e. The molecular formula is C25H24BrFN6O. The number of hydrogen-bond acceptors (Lipinski definition) is 6. The second kappa shape index (κ2) is 10.2. The predicted molar refractivity (Wildman–Crippen MR) is 136 cm³/mol. The number of amides is 1. The average Bonchev–Trinajstić information content (AvgIpc) is 2.79. The number of nitrogens with zero attached hydrogens (tertiary/aromatic N) is 4. The molecule has 2 aromatic heterocycles. The van der Waals surface area contributed by atoms with Crippen molar-refractivity contribution < 1.29 is 9.18 Å². The van der Waals surface area contributed by atoms with Crippen LogP contribution in [0, 0.1) is 5.82 Å². The largest absolute Gasteiger partial charge is 0.347 e. The molecule has 0 radical (unpaired) electrons. The van der Waals surface area contributed by atoms with Gasteiger partial charge in [-0.15, -0.1) is 0 Å². The highest BCUT2D eigenvalue weighted by atomic mass is 79.9. The van der Waals surface area contributed by atoms with E-state index in [0.29, 0.717) is 34.8 Å². The first-order chi connectivity index (χ1) is 16.3. The summed E-state index contributed by atoms with van der Waals surface area (Å²) in [6, 6.07) is 15.4. The Morgan fingerprint density at radius 1 is 1.09 bits per heavy atom. The number of rotatable bonds is 7. The van der Waals surface area contributed by atoms with E-state index in [2.05, 4.69) is 41.5 Å². The SMILES string of the molecule is CC(CN(C)C)NC(=O)c1nc2nc(Nc3ccc(F)cc3)ncc2cc1-c1ccccc1Br. The van der Waals surface area contributed by atoms with E-state index in [1.807, 2.05) is 56.3 Å². The van der Waals surface area contributed by atoms with Gasteiger partial charge in [-0.05, 0) is 63.0 Å². The highest BCUT2D eigenvalue weighted by Crippen LogP contribution is 2.32. The Hall–Kier alpha value is -3.43. The van der Waals surface area contributed by atoms with Gasteiger partial charge in [-0.1, -0.05) is 34.1 Å². The molecule has 2 heterocycles. The van der Waals surface area contributed by atoms with Gasteiger partial charge in [-0.2, -0.15) is 4.98 Å². The molecule has 2 N–H and O–H groups in total. The highest BCUT2D eigenvalue weighted by molar-refractivity contribution is 9.10. The van der Waals surface area contributed by atoms with E-state index in [-0.39, 0.29) is 23.5 Å². The van der Waals surface area contributed by atoms with E-state index in [0.717, 1.165) is 10.0 Å². The molecule has 0 aliphatic rings. The van der Waals surface area contributed by atoms with Gasteiger partial charge in [0.2, 0.25) is 5.95 Å². The van der Waals surface area contributed by atoms with E-state index in [4.69, 9.17) is 0 Å². The Kier molecular flexibility index (Phi) is 7.14. The number of benzene rings is 2. The third-order valence-electron chi connectivity index (χ3n) is 5.06. The van der Waals surface area contributed by atoms with Crippen molar-refractivity contribution in [3.63, 3.8) is 0 Å². The van der Waals surface area contributed by atoms with Crippen LogP contribution in [-0.4, -0.2) is 52.4 Å². The number of carbonyl (C=O) groups excluding carboxylic acids is 1. The third-order valence-corrected chi connectivity index (χ3v) is 5.76. The van der Waals surface area contributed by atoms with Crippen LogP contribution in [0.4, 0.5) is 16.0 Å². The minimum absolute atomic E-state index is 0.0758. The lowest BCUT2D eigenvalue weighted by atomic mass is 10.0. The maximum atomic E-state index is 13.3. The number of anilines is 2. The molecule has 0 saturated carbocycles. The first kappa shape index (κ1) is 23.7. The molecule has 0 saturated heterocycles. The maximum Gasteiger partial charge on any atom is 0.270 e. The summed E-state index contributed by atoms with van der Waals surface area (Å²) in [4.78, 5) is 28.8. The number of fused-ring (bicyclic) bond motifs is 1. The fourth-order valence-corrected chi connectivity index (χ4v) is 4.13. The summed E-state index contributed by atoms with van der Waals surface area (Å²) < 4.78 is 14.1. The molecule has 1 unspecified atom stereocenters. The van der Waals surface area contributed by atoms with Gasteiger partial charge in [0.1, 0.15) is 11.5 Å². The molecule has 1 amide bonds. The monoisotopic (exact) mass is 522 g/mol. The normalized spacial score (nSPS) is 12.1. The fourth-order valence-electron chi connectivity index (χ4n) is 3.63. The predicted octanol–water partition coefficient (Wildman–Crippen LogP) is 5.02. The molecule has 0 spiro atoms. The molecule has 0 fully saturated rings. The summed E-state index contributed by atoms with van der Waals surface area (Å²) in [6.45, 7) is 2.64. The van der Waals surface area contributed by atoms with Crippen LogP contribution >= 0.6 is 15.9 Å². The zero-order valence-corrected chi connectivity index (χ0v) is 20.6. The molecule has 34 heavy (non-hydrogen) atoms. The summed E-state index contributed by atoms with van der Waals surface area (Å²) in [5.41, 5.74) is 2.81. The average molecular weight is 523 g/mol. The third kappa shape index (κ3) is 5.55. The van der Waals surface area contributed by atoms with Crippen LogP contribution in [0.2, 0.25) is 0 Å². The lowest BCUT2D eigenvalue weighted by Gasteiger charge is -2.19. The number of carbonyl (C=O) groups is 1. The molecule has 2 aromatic carbocycles. The number of aromatic nitrogens is 3. The van der Waals surface area contributed by atoms with Gasteiger partial charge in [-0.3, -0.25) is 4.79 Å². The van der Waals surface area contributed by atoms with Gasteiger partial charge in [0, 0.05) is 39.9 Å². The summed E-state index contributed by atoms with van der Waals surface area (Å²) in [5, 5.41) is 6.76. The van der Waals surface area contributed by atoms with Crippen LogP contribution < -0.4 is 10.6 Å². The summed E-state index contributed by atoms with van der Waals surface area (Å²) in [5.74, 6) is -0.313. The molecule has 0 bridgehead atoms. The van der Waals surface area contributed by atoms with Crippen LogP contribution in [0.15, 0.2) is 65.3 Å². The molecule has 9 heteroatoms. The van der Waals surface area contributed by atoms with Crippen molar-refractivity contribution in [2.75, 3.05) is 26.0 Å². The molecule has 1 atom stereocenters. The van der Waals surface area contributed by atoms with Gasteiger partial charge in [0.15, 0.2) is 5.65 Å². The van der Waals surface area contributed by atoms with E-state index >= 15 is 0 Å². The summed E-state index contributed by atoms with van der Waals surface area (Å²) in [6.07, 6.45) is 1.65. The maximum absolute atomic E-state index is 13.3. The van der Waals surface area contributed by atoms with Gasteiger partial charge in [0.05, 0.1) is 0 Å². The summed E-state index contributed by atoms with van der Waals surface area (Å²) in [7, 11) is 3.91. The molecule has 4 rings (SSSR count). The quantitative estimate of drug-likeness (QED) is 0.354. The Bertz CT molecular complexity index is 1330. The van der Waals surface area contributed by atoms with Gasteiger partial charge in [-0.25, -0.2) is 14.4 Å². The van der Waals surface area contributed by atoms with Gasteiger partial charge >= 0.3 is 0 Å². The molecular weight excluding hydrogens is 499 g/mol. The van der Waals surface area contributed by atoms with Crippen molar-refractivity contribution >= 4 is 44.5 Å². The Morgan fingerprint density at radius 3 is 2.53 bits per heavy atom. The van der Waals surface area contributed by atoms with Crippen molar-refractivity contribution in [3.05, 3.63) is 76.8 Å². The lowest BCUT2D eigenvalue weighted by Crippen LogP contribution is -2.40. The topological polar surface area (TPSA) is 83.0 Å². The van der Waals surface area contributed by atoms with E-state index in [9.17, 15) is 9.18 Å². The van der Waals surface area contributed by atoms with Crippen LogP contribution in [0.5, 0.6) is 0 Å². The lowest BCUT2D eigenvalue weighted by molar-refractivity contribution is 0.0930. The number of likely N-dealkylation sites (N-methyl/N-ethyl adjacent to an activating group) is 1. The van der Waals surface area contributed by atoms with Gasteiger partial charge in [0.25, 0.3) is 5.91 Å². The van der Waals surface area contributed by atoms with Crippen molar-refractivity contribution in [3.8, 4) is 11.1 Å². The summed E-state index contributed by atoms with van der Waals surface area (Å²) >= 11 is 3.58. The van der Waals surface area contributed by atoms with Crippen molar-refractivity contribution in [1.82, 2.24) is 25.2 Å². The van der Waals surface area contributed by atoms with Crippen LogP contribution in [0.25, 0.3) is 22.2 Å². The van der Waals surface area contributed by atoms with E-state index < -0.39 is 0 Å². The standard InChI is InChI=1S/C25H24BrFN6O/c1-15(14-33(2)3)29-24(34)22-20(19-6-4-5-7-21(19)26)12-16-13-28-25(32-23(16)31-22)30-18-10-8-17(27)9-11-18/h4-13,15H,14H2,1-3H3,(H,29,34)(H,28,30,31,32). The first-order valence-electron chi connectivity index (χ1n) is 10.7. The molecule has 0 aliphatic heterocycles. The molecule has 7 nitrogen and oxygen atoms in total. The minimum atomic E-state index is -0.328. The zero-order valence-electron chi connectivity index (χ0n) is 19.0. The second-order valence-electron chi connectivity index (χ2n) is 8.24. The molecule has 174 valence electrons. The number of pyridine rings is 1. The number of halogens is 2. The van der Waals surface area contributed by atoms with Crippen LogP contribution in [-0.2, 0) is 0 Å². The van der Waals surface area contributed by atoms with E-state index in [1.165, 1.54) is 12.1 Å². The highest BCUT2D eigenvalue weighted by Gasteiger charge is 2.20. The van der Waals surface area contributed by atoms with Crippen LogP contribution in [0.3, 0.4) is 0 Å². The Balaban J connectivity index is 1.76. The number of hydrogen-bond donors (Lipinski definition) is 2. The van der Waals surface area contributed by atoms with Crippen molar-refractivity contribution in [2.45, 2.75) is 13.0 Å². The zero-order chi connectivity index (χ0) is 24.2. The second-order valence-corrected chi connectivity index (χ2v) is 9.09. The smallest absolute Gasteiger partial charge is 0.270 e. The van der Waals surface area contributed by atoms with Crippen molar-refractivity contribution in [1.29, 1.82) is 0 Å². The fraction of sp³-hybridized carbons (Fsp3) is 0.200. The van der Waals surface area contributed by atoms with Crippen molar-refractivity contribution in [2.24, 2.45) is 0 Å². The Labute approximate surface area is 205 Å². The Morgan fingerprint density at radius 2 is 1.82 bits per heavy atom. The molecule has 4 aromatic rings. The first-order valence-corrected chi connectivity index (χ1v) is 11.5. The van der Waals surface area contributed by atoms with E-state index in [1.54, 1.807) is 18.3 Å².